The number of aliphatic carboxylic acids is 1. The van der Waals surface area contributed by atoms with Gasteiger partial charge >= 0.3 is 11.9 Å². The predicted octanol–water partition coefficient (Wildman–Crippen LogP) is 2.26. The molecule has 0 aliphatic carbocycles. The molecule has 0 saturated carbocycles. The number of carbonyl (C=O) groups is 4. The fourth-order valence-electron chi connectivity index (χ4n) is 2.52. The molecule has 5 rings (SSSR count). The number of hydrogen-bond acceptors (Lipinski definition) is 6. The highest BCUT2D eigenvalue weighted by Gasteiger charge is 2.20. The molecular weight excluding hydrogens is 541 g/mol. The predicted molar refractivity (Wildman–Crippen MR) is 158 cm³/mol. The second-order valence-corrected chi connectivity index (χ2v) is 7.93. The summed E-state index contributed by atoms with van der Waals surface area (Å²) in [7, 11) is 3.38. The highest BCUT2D eigenvalue weighted by Crippen LogP contribution is 2.03. The minimum Gasteiger partial charge on any atom is -0.480 e. The summed E-state index contributed by atoms with van der Waals surface area (Å²) in [6, 6.07) is 13.9. The standard InChI is InChI=1S/C5H9NO2.C5H5NO2.C5H7NO.C5H5NO.C4H5N.C3H7NO.H2O.2H2/c2*7-5(8)4-2-1-3-6-4;2*7-4-5-2-1-3-6-5;1-2-4-5-3-1;1-4(2)3-5;;;/h4,6H,1-3H2,(H,7,8);1-3,6H,(H,7,8);1-3,6-7H,4H2;1-4,6H;1-5H;3H,1-2H3;1H2;2*1H/i2*5+1;2*4+1;;3+1;;;. The number of carboxylic acid groups (broad SMARTS) is 2. The number of H-pyrrole nitrogens is 4. The molecule has 4 aromatic heterocycles. The number of aliphatic hydroxyl groups is 1. The van der Waals surface area contributed by atoms with E-state index in [9.17, 15) is 19.2 Å². The first kappa shape index (κ1) is 38.2. The Balaban J connectivity index is -0.000000211. The Hall–Kier alpha value is -4.92. The highest BCUT2D eigenvalue weighted by atomic mass is 16.5. The lowest BCUT2D eigenvalue weighted by molar-refractivity contribution is -0.139. The summed E-state index contributed by atoms with van der Waals surface area (Å²) in [5.41, 5.74) is 1.71. The van der Waals surface area contributed by atoms with E-state index in [1.54, 1.807) is 50.9 Å². The number of aldehydes is 1. The molecule has 1 atom stereocenters. The maximum atomic E-state index is 10.1. The van der Waals surface area contributed by atoms with E-state index < -0.39 is 11.9 Å². The van der Waals surface area contributed by atoms with Gasteiger partial charge in [-0.1, -0.05) is 0 Å². The number of hydrogen-bond donors (Lipinski definition) is 8. The number of aromatic carboxylic acids is 1. The number of carboxylic acids is 2. The van der Waals surface area contributed by atoms with Crippen LogP contribution in [0.25, 0.3) is 0 Å². The van der Waals surface area contributed by atoms with Gasteiger partial charge in [0.25, 0.3) is 0 Å². The van der Waals surface area contributed by atoms with Gasteiger partial charge in [-0.15, -0.1) is 0 Å². The van der Waals surface area contributed by atoms with Crippen LogP contribution >= 0.6 is 0 Å². The monoisotopic (exact) mass is 585 g/mol. The van der Waals surface area contributed by atoms with Crippen LogP contribution in [0.15, 0.2) is 79.5 Å². The van der Waals surface area contributed by atoms with Gasteiger partial charge in [0, 0.05) is 53.6 Å². The van der Waals surface area contributed by atoms with Crippen molar-refractivity contribution in [1.82, 2.24) is 30.2 Å². The van der Waals surface area contributed by atoms with Crippen molar-refractivity contribution >= 4 is 24.6 Å². The van der Waals surface area contributed by atoms with Gasteiger partial charge in [-0.3, -0.25) is 14.4 Å². The summed E-state index contributed by atoms with van der Waals surface area (Å²) in [5.74, 6) is -1.64. The van der Waals surface area contributed by atoms with Crippen molar-refractivity contribution in [1.29, 1.82) is 0 Å². The first-order valence-electron chi connectivity index (χ1n) is 12.1. The van der Waals surface area contributed by atoms with Crippen LogP contribution in [0.2, 0.25) is 0 Å². The van der Waals surface area contributed by atoms with Crippen LogP contribution in [0.3, 0.4) is 0 Å². The van der Waals surface area contributed by atoms with Crippen molar-refractivity contribution in [2.75, 3.05) is 20.6 Å². The zero-order valence-corrected chi connectivity index (χ0v) is 23.0. The molecule has 0 bridgehead atoms. The van der Waals surface area contributed by atoms with Gasteiger partial charge in [0.05, 0.1) is 12.3 Å². The Bertz CT molecular complexity index is 1100. The van der Waals surface area contributed by atoms with Crippen molar-refractivity contribution < 1.29 is 42.8 Å². The lowest BCUT2D eigenvalue weighted by atomic mass is 10.3. The summed E-state index contributed by atoms with van der Waals surface area (Å²) >= 11 is 0. The quantitative estimate of drug-likeness (QED) is 0.127. The Morgan fingerprint density at radius 3 is 1.73 bits per heavy atom. The average molecular weight is 586 g/mol. The van der Waals surface area contributed by atoms with Crippen molar-refractivity contribution in [2.45, 2.75) is 25.5 Å². The molecule has 1 amide bonds. The minimum atomic E-state index is -0.921. The van der Waals surface area contributed by atoms with Gasteiger partial charge < -0.3 is 50.9 Å². The first-order chi connectivity index (χ1) is 19.2. The average Bonchev–Trinajstić information content (AvgIpc) is 3.82. The molecular formula is C27H44N6O8. The largest absolute Gasteiger partial charge is 0.480 e. The summed E-state index contributed by atoms with van der Waals surface area (Å²) in [4.78, 5) is 51.8. The number of aromatic amines is 4. The molecule has 1 unspecified atom stereocenters. The van der Waals surface area contributed by atoms with Crippen LogP contribution in [0.4, 0.5) is 0 Å². The van der Waals surface area contributed by atoms with Crippen LogP contribution in [0.5, 0.6) is 0 Å². The first-order valence-corrected chi connectivity index (χ1v) is 12.1. The van der Waals surface area contributed by atoms with E-state index in [4.69, 9.17) is 15.3 Å². The number of amides is 1. The van der Waals surface area contributed by atoms with Crippen molar-refractivity contribution in [3.8, 4) is 0 Å². The summed E-state index contributed by atoms with van der Waals surface area (Å²) in [6.07, 6.45) is 12.1. The SMILES string of the molecule is CN(C)[13CH]=O.O.O=[13CH]c1ccc[nH]1.O=[13C](O)C1CCCN1.O=[13C](O)c1ccc[nH]1.O[13CH2]c1ccc[nH]1.[HH].[HH].c1cc[nH]c1. The smallest absolute Gasteiger partial charge is 0.352 e. The Morgan fingerprint density at radius 1 is 0.927 bits per heavy atom. The maximum Gasteiger partial charge on any atom is 0.352 e. The lowest BCUT2D eigenvalue weighted by Crippen LogP contribution is -2.29. The van der Waals surface area contributed by atoms with E-state index in [1.165, 1.54) is 11.0 Å². The third-order valence-electron chi connectivity index (χ3n) is 4.48. The summed E-state index contributed by atoms with van der Waals surface area (Å²) in [6.45, 7) is 0.962. The van der Waals surface area contributed by atoms with Gasteiger partial charge in [-0.05, 0) is 67.9 Å². The maximum absolute atomic E-state index is 10.1. The van der Waals surface area contributed by atoms with Crippen LogP contribution in [0, 0.1) is 0 Å². The number of aromatic nitrogens is 4. The third kappa shape index (κ3) is 21.7. The molecule has 14 heteroatoms. The van der Waals surface area contributed by atoms with Gasteiger partial charge in [0.15, 0.2) is 6.29 Å². The van der Waals surface area contributed by atoms with E-state index >= 15 is 0 Å². The van der Waals surface area contributed by atoms with Crippen LogP contribution in [-0.2, 0) is 16.2 Å². The normalized spacial score (nSPS) is 12.1. The second kappa shape index (κ2) is 25.4. The van der Waals surface area contributed by atoms with Crippen molar-refractivity contribution in [3.63, 3.8) is 0 Å². The molecule has 41 heavy (non-hydrogen) atoms. The van der Waals surface area contributed by atoms with Gasteiger partial charge in [-0.2, -0.15) is 0 Å². The molecule has 1 fully saturated rings. The van der Waals surface area contributed by atoms with E-state index in [0.717, 1.165) is 37.8 Å². The van der Waals surface area contributed by atoms with Crippen LogP contribution in [0.1, 0.15) is 42.4 Å². The van der Waals surface area contributed by atoms with Gasteiger partial charge in [0.1, 0.15) is 11.7 Å². The molecule has 0 radical (unpaired) electrons. The fraction of sp³-hybridized carbons (Fsp3) is 0.259. The molecule has 1 aliphatic rings. The number of nitrogens with one attached hydrogen (secondary N) is 5. The topological polar surface area (TPSA) is 239 Å². The Kier molecular flexibility index (Phi) is 23.6. The van der Waals surface area contributed by atoms with Crippen molar-refractivity contribution in [2.24, 2.45) is 0 Å². The Morgan fingerprint density at radius 2 is 1.51 bits per heavy atom. The van der Waals surface area contributed by atoms with E-state index in [0.29, 0.717) is 5.69 Å². The molecule has 14 nitrogen and oxygen atoms in total. The van der Waals surface area contributed by atoms with Crippen LogP contribution < -0.4 is 5.32 Å². The number of rotatable bonds is 5. The third-order valence-corrected chi connectivity index (χ3v) is 4.48. The molecule has 0 aromatic carbocycles. The molecule has 230 valence electrons. The second-order valence-electron chi connectivity index (χ2n) is 7.93. The van der Waals surface area contributed by atoms with E-state index in [1.807, 2.05) is 36.7 Å². The molecule has 5 heterocycles. The zero-order valence-electron chi connectivity index (χ0n) is 23.0. The molecule has 0 spiro atoms. The zero-order chi connectivity index (χ0) is 30.0. The van der Waals surface area contributed by atoms with E-state index in [-0.39, 0.29) is 26.7 Å². The Labute approximate surface area is 240 Å². The number of carbonyl (C=O) groups excluding carboxylic acids is 2. The molecule has 1 saturated heterocycles. The fourth-order valence-corrected chi connectivity index (χ4v) is 2.52. The summed E-state index contributed by atoms with van der Waals surface area (Å²) in [5, 5.41) is 27.8. The minimum absolute atomic E-state index is 0. The molecule has 4 aromatic rings. The summed E-state index contributed by atoms with van der Waals surface area (Å²) < 4.78 is 0. The highest BCUT2D eigenvalue weighted by molar-refractivity contribution is 5.85. The van der Waals surface area contributed by atoms with Gasteiger partial charge in [-0.25, -0.2) is 4.79 Å². The van der Waals surface area contributed by atoms with Crippen molar-refractivity contribution in [3.05, 3.63) is 96.6 Å². The number of nitrogens with zero attached hydrogens (tertiary/aromatic N) is 1. The van der Waals surface area contributed by atoms with Gasteiger partial charge in [0.2, 0.25) is 6.41 Å². The van der Waals surface area contributed by atoms with E-state index in [2.05, 4.69) is 25.3 Å². The number of aliphatic hydroxyl groups excluding tert-OH is 1. The lowest BCUT2D eigenvalue weighted by Gasteiger charge is -1.99. The molecule has 10 N–H and O–H groups in total. The molecule has 1 aliphatic heterocycles. The van der Waals surface area contributed by atoms with Crippen LogP contribution in [-0.4, -0.2) is 96.9 Å².